The van der Waals surface area contributed by atoms with Crippen molar-refractivity contribution in [3.05, 3.63) is 35.6 Å². The zero-order valence-electron chi connectivity index (χ0n) is 10.1. The maximum Gasteiger partial charge on any atom is 0.315 e. The molecule has 0 saturated carbocycles. The summed E-state index contributed by atoms with van der Waals surface area (Å²) in [6, 6.07) is 5.65. The van der Waals surface area contributed by atoms with Crippen LogP contribution in [-0.2, 0) is 11.3 Å². The molecule has 0 bridgehead atoms. The van der Waals surface area contributed by atoms with Crippen molar-refractivity contribution in [2.75, 3.05) is 13.1 Å². The molecule has 5 nitrogen and oxygen atoms in total. The Morgan fingerprint density at radius 2 is 1.89 bits per heavy atom. The van der Waals surface area contributed by atoms with Crippen molar-refractivity contribution in [2.45, 2.75) is 13.5 Å². The average molecular weight is 253 g/mol. The van der Waals surface area contributed by atoms with Crippen molar-refractivity contribution in [3.8, 4) is 0 Å². The molecular weight excluding hydrogens is 237 g/mol. The van der Waals surface area contributed by atoms with E-state index in [4.69, 9.17) is 0 Å². The number of hydrogen-bond donors (Lipinski definition) is 3. The Morgan fingerprint density at radius 3 is 2.56 bits per heavy atom. The highest BCUT2D eigenvalue weighted by molar-refractivity contribution is 5.74. The average Bonchev–Trinajstić information content (AvgIpc) is 2.32. The molecule has 3 N–H and O–H groups in total. The number of carbonyl (C=O) groups is 2. The van der Waals surface area contributed by atoms with Gasteiger partial charge in [-0.2, -0.15) is 0 Å². The molecule has 98 valence electrons. The predicted molar refractivity (Wildman–Crippen MR) is 65.3 cm³/mol. The van der Waals surface area contributed by atoms with Crippen molar-refractivity contribution in [3.63, 3.8) is 0 Å². The van der Waals surface area contributed by atoms with Gasteiger partial charge in [0.1, 0.15) is 5.82 Å². The fourth-order valence-electron chi connectivity index (χ4n) is 1.31. The van der Waals surface area contributed by atoms with E-state index >= 15 is 0 Å². The molecule has 0 radical (unpaired) electrons. The van der Waals surface area contributed by atoms with Gasteiger partial charge in [0.15, 0.2) is 0 Å². The van der Waals surface area contributed by atoms with E-state index in [1.165, 1.54) is 19.1 Å². The SMILES string of the molecule is CC(=O)NCCNC(=O)NCc1cccc(F)c1. The summed E-state index contributed by atoms with van der Waals surface area (Å²) in [5.74, 6) is -0.475. The second kappa shape index (κ2) is 7.26. The van der Waals surface area contributed by atoms with E-state index in [1.807, 2.05) is 0 Å². The minimum absolute atomic E-state index is 0.142. The highest BCUT2D eigenvalue weighted by atomic mass is 19.1. The highest BCUT2D eigenvalue weighted by Crippen LogP contribution is 2.02. The van der Waals surface area contributed by atoms with E-state index in [9.17, 15) is 14.0 Å². The molecule has 0 saturated heterocycles. The third-order valence-electron chi connectivity index (χ3n) is 2.13. The number of amides is 3. The van der Waals surface area contributed by atoms with Gasteiger partial charge in [0.25, 0.3) is 0 Å². The molecule has 1 aromatic carbocycles. The lowest BCUT2D eigenvalue weighted by atomic mass is 10.2. The first-order chi connectivity index (χ1) is 8.58. The maximum atomic E-state index is 12.8. The molecule has 1 rings (SSSR count). The van der Waals surface area contributed by atoms with Crippen LogP contribution in [0.4, 0.5) is 9.18 Å². The summed E-state index contributed by atoms with van der Waals surface area (Å²) >= 11 is 0. The Bertz CT molecular complexity index is 424. The lowest BCUT2D eigenvalue weighted by Gasteiger charge is -2.08. The minimum Gasteiger partial charge on any atom is -0.355 e. The molecular formula is C12H16FN3O2. The number of hydrogen-bond acceptors (Lipinski definition) is 2. The summed E-state index contributed by atoms with van der Waals surface area (Å²) in [5.41, 5.74) is 0.687. The number of nitrogens with one attached hydrogen (secondary N) is 3. The van der Waals surface area contributed by atoms with Crippen molar-refractivity contribution < 1.29 is 14.0 Å². The molecule has 0 heterocycles. The first-order valence-electron chi connectivity index (χ1n) is 5.58. The molecule has 0 aromatic heterocycles. The lowest BCUT2D eigenvalue weighted by Crippen LogP contribution is -2.39. The Balaban J connectivity index is 2.19. The molecule has 18 heavy (non-hydrogen) atoms. The fourth-order valence-corrected chi connectivity index (χ4v) is 1.31. The van der Waals surface area contributed by atoms with Crippen molar-refractivity contribution >= 4 is 11.9 Å². The molecule has 1 aromatic rings. The summed E-state index contributed by atoms with van der Waals surface area (Å²) in [7, 11) is 0. The molecule has 0 spiro atoms. The first kappa shape index (κ1) is 14.0. The summed E-state index contributed by atoms with van der Waals surface area (Å²) in [5, 5.41) is 7.70. The van der Waals surface area contributed by atoms with Crippen LogP contribution in [0.1, 0.15) is 12.5 Å². The van der Waals surface area contributed by atoms with Gasteiger partial charge >= 0.3 is 6.03 Å². The van der Waals surface area contributed by atoms with Gasteiger partial charge in [-0.05, 0) is 17.7 Å². The van der Waals surface area contributed by atoms with Gasteiger partial charge in [-0.25, -0.2) is 9.18 Å². The highest BCUT2D eigenvalue weighted by Gasteiger charge is 2.00. The first-order valence-corrected chi connectivity index (χ1v) is 5.58. The van der Waals surface area contributed by atoms with Crippen LogP contribution in [-0.4, -0.2) is 25.0 Å². The topological polar surface area (TPSA) is 70.2 Å². The molecule has 6 heteroatoms. The van der Waals surface area contributed by atoms with Crippen LogP contribution in [0.3, 0.4) is 0 Å². The van der Waals surface area contributed by atoms with Gasteiger partial charge in [0.05, 0.1) is 0 Å². The van der Waals surface area contributed by atoms with Gasteiger partial charge in [-0.3, -0.25) is 4.79 Å². The van der Waals surface area contributed by atoms with Crippen molar-refractivity contribution in [1.82, 2.24) is 16.0 Å². The third-order valence-corrected chi connectivity index (χ3v) is 2.13. The molecule has 0 aliphatic rings. The summed E-state index contributed by atoms with van der Waals surface area (Å²) in [4.78, 5) is 21.9. The number of benzene rings is 1. The van der Waals surface area contributed by atoms with Crippen LogP contribution in [0, 0.1) is 5.82 Å². The van der Waals surface area contributed by atoms with Crippen LogP contribution in [0.2, 0.25) is 0 Å². The molecule has 0 aliphatic carbocycles. The minimum atomic E-state index is -0.357. The number of urea groups is 1. The Kier molecular flexibility index (Phi) is 5.63. The zero-order valence-corrected chi connectivity index (χ0v) is 10.1. The quantitative estimate of drug-likeness (QED) is 0.678. The van der Waals surface area contributed by atoms with Gasteiger partial charge in [0.2, 0.25) is 5.91 Å². The standard InChI is InChI=1S/C12H16FN3O2/c1-9(17)14-5-6-15-12(18)16-8-10-3-2-4-11(13)7-10/h2-4,7H,5-6,8H2,1H3,(H,14,17)(H2,15,16,18). The van der Waals surface area contributed by atoms with Crippen LogP contribution in [0.25, 0.3) is 0 Å². The molecule has 0 fully saturated rings. The number of carbonyl (C=O) groups excluding carboxylic acids is 2. The van der Waals surface area contributed by atoms with E-state index in [-0.39, 0.29) is 24.3 Å². The van der Waals surface area contributed by atoms with E-state index in [2.05, 4.69) is 16.0 Å². The predicted octanol–water partition coefficient (Wildman–Crippen LogP) is 0.761. The zero-order chi connectivity index (χ0) is 13.4. The monoisotopic (exact) mass is 253 g/mol. The van der Waals surface area contributed by atoms with Gasteiger partial charge in [-0.1, -0.05) is 12.1 Å². The van der Waals surface area contributed by atoms with Crippen LogP contribution in [0.15, 0.2) is 24.3 Å². The molecule has 0 unspecified atom stereocenters. The normalized spacial score (nSPS) is 9.67. The third kappa shape index (κ3) is 5.83. The van der Waals surface area contributed by atoms with Crippen LogP contribution < -0.4 is 16.0 Å². The smallest absolute Gasteiger partial charge is 0.315 e. The second-order valence-corrected chi connectivity index (χ2v) is 3.72. The molecule has 0 atom stereocenters. The lowest BCUT2D eigenvalue weighted by molar-refractivity contribution is -0.118. The molecule has 3 amide bonds. The van der Waals surface area contributed by atoms with Crippen molar-refractivity contribution in [2.24, 2.45) is 0 Å². The Hall–Kier alpha value is -2.11. The van der Waals surface area contributed by atoms with Crippen LogP contribution >= 0.6 is 0 Å². The number of halogens is 1. The van der Waals surface area contributed by atoms with Crippen molar-refractivity contribution in [1.29, 1.82) is 0 Å². The van der Waals surface area contributed by atoms with E-state index < -0.39 is 0 Å². The second-order valence-electron chi connectivity index (χ2n) is 3.72. The largest absolute Gasteiger partial charge is 0.355 e. The maximum absolute atomic E-state index is 12.8. The van der Waals surface area contributed by atoms with E-state index in [0.717, 1.165) is 0 Å². The van der Waals surface area contributed by atoms with Gasteiger partial charge in [0, 0.05) is 26.6 Å². The fraction of sp³-hybridized carbons (Fsp3) is 0.333. The Labute approximate surface area is 105 Å². The summed E-state index contributed by atoms with van der Waals surface area (Å²) < 4.78 is 12.8. The Morgan fingerprint density at radius 1 is 1.17 bits per heavy atom. The van der Waals surface area contributed by atoms with Gasteiger partial charge in [-0.15, -0.1) is 0 Å². The summed E-state index contributed by atoms with van der Waals surface area (Å²) in [6.07, 6.45) is 0. The van der Waals surface area contributed by atoms with E-state index in [0.29, 0.717) is 18.7 Å². The number of rotatable bonds is 5. The van der Waals surface area contributed by atoms with E-state index in [1.54, 1.807) is 12.1 Å². The summed E-state index contributed by atoms with van der Waals surface area (Å²) in [6.45, 7) is 2.38. The van der Waals surface area contributed by atoms with Crippen LogP contribution in [0.5, 0.6) is 0 Å². The molecule has 0 aliphatic heterocycles. The van der Waals surface area contributed by atoms with Gasteiger partial charge < -0.3 is 16.0 Å².